The molecule has 0 bridgehead atoms. The van der Waals surface area contributed by atoms with E-state index in [0.717, 1.165) is 12.8 Å². The molecule has 2 aromatic heterocycles. The highest BCUT2D eigenvalue weighted by molar-refractivity contribution is 5.68. The molecule has 0 saturated carbocycles. The minimum absolute atomic E-state index is 0.0545. The quantitative estimate of drug-likeness (QED) is 0.827. The number of rotatable bonds is 4. The molecule has 0 atom stereocenters. The predicted octanol–water partition coefficient (Wildman–Crippen LogP) is 3.05. The van der Waals surface area contributed by atoms with E-state index in [9.17, 15) is 4.79 Å². The summed E-state index contributed by atoms with van der Waals surface area (Å²) < 4.78 is 16.5. The second-order valence-electron chi connectivity index (χ2n) is 7.20. The summed E-state index contributed by atoms with van der Waals surface area (Å²) in [7, 11) is 0. The van der Waals surface area contributed by atoms with Crippen LogP contribution in [0.5, 0.6) is 0 Å². The molecule has 1 amide bonds. The molecule has 0 unspecified atom stereocenters. The number of hydrogen-bond donors (Lipinski definition) is 0. The van der Waals surface area contributed by atoms with Crippen molar-refractivity contribution in [3.63, 3.8) is 0 Å². The third kappa shape index (κ3) is 5.01. The van der Waals surface area contributed by atoms with E-state index in [0.29, 0.717) is 30.5 Å². The third-order valence-corrected chi connectivity index (χ3v) is 3.90. The van der Waals surface area contributed by atoms with Crippen molar-refractivity contribution in [3.8, 4) is 11.5 Å². The Morgan fingerprint density at radius 3 is 2.73 bits per heavy atom. The maximum atomic E-state index is 12.1. The van der Waals surface area contributed by atoms with Crippen molar-refractivity contribution >= 4 is 6.09 Å². The Labute approximate surface area is 152 Å². The minimum Gasteiger partial charge on any atom is -0.444 e. The van der Waals surface area contributed by atoms with Gasteiger partial charge in [0, 0.05) is 19.3 Å². The highest BCUT2D eigenvalue weighted by Gasteiger charge is 2.27. The first-order chi connectivity index (χ1) is 12.4. The van der Waals surface area contributed by atoms with Crippen molar-refractivity contribution in [1.29, 1.82) is 0 Å². The number of nitrogens with zero attached hydrogens (tertiary/aromatic N) is 4. The monoisotopic (exact) mass is 360 g/mol. The molecule has 0 aromatic carbocycles. The molecule has 8 heteroatoms. The molecule has 3 heterocycles. The molecular formula is C18H24N4O4. The average molecular weight is 360 g/mol. The van der Waals surface area contributed by atoms with Crippen molar-refractivity contribution in [3.05, 3.63) is 30.3 Å². The molecule has 1 aliphatic rings. The van der Waals surface area contributed by atoms with E-state index in [-0.39, 0.29) is 18.8 Å². The van der Waals surface area contributed by atoms with Gasteiger partial charge in [-0.05, 0) is 45.7 Å². The van der Waals surface area contributed by atoms with E-state index in [1.165, 1.54) is 0 Å². The Hall–Kier alpha value is -2.48. The van der Waals surface area contributed by atoms with Crippen LogP contribution < -0.4 is 0 Å². The number of ether oxygens (including phenoxy) is 2. The second kappa shape index (κ2) is 7.82. The van der Waals surface area contributed by atoms with Crippen molar-refractivity contribution < 1.29 is 18.8 Å². The third-order valence-electron chi connectivity index (χ3n) is 3.90. The predicted molar refractivity (Wildman–Crippen MR) is 93.1 cm³/mol. The van der Waals surface area contributed by atoms with Crippen LogP contribution >= 0.6 is 0 Å². The lowest BCUT2D eigenvalue weighted by Gasteiger charge is -2.33. The van der Waals surface area contributed by atoms with Gasteiger partial charge in [0.2, 0.25) is 5.82 Å². The van der Waals surface area contributed by atoms with E-state index >= 15 is 0 Å². The average Bonchev–Trinajstić information content (AvgIpc) is 3.09. The molecule has 0 aliphatic carbocycles. The number of aromatic nitrogens is 3. The lowest BCUT2D eigenvalue weighted by Crippen LogP contribution is -2.43. The number of likely N-dealkylation sites (tertiary alicyclic amines) is 1. The van der Waals surface area contributed by atoms with Gasteiger partial charge >= 0.3 is 6.09 Å². The Bertz CT molecular complexity index is 718. The number of amides is 1. The van der Waals surface area contributed by atoms with Gasteiger partial charge in [0.25, 0.3) is 5.89 Å². The molecular weight excluding hydrogens is 336 g/mol. The number of pyridine rings is 1. The minimum atomic E-state index is -0.478. The zero-order valence-electron chi connectivity index (χ0n) is 15.3. The van der Waals surface area contributed by atoms with Crippen molar-refractivity contribution in [2.75, 3.05) is 13.1 Å². The van der Waals surface area contributed by atoms with E-state index in [2.05, 4.69) is 15.1 Å². The summed E-state index contributed by atoms with van der Waals surface area (Å²) >= 11 is 0. The van der Waals surface area contributed by atoms with Crippen molar-refractivity contribution in [2.24, 2.45) is 0 Å². The van der Waals surface area contributed by atoms with Gasteiger partial charge < -0.3 is 18.9 Å². The summed E-state index contributed by atoms with van der Waals surface area (Å²) in [5, 5.41) is 3.92. The summed E-state index contributed by atoms with van der Waals surface area (Å²) in [6.07, 6.45) is 2.97. The maximum Gasteiger partial charge on any atom is 0.410 e. The molecule has 0 spiro atoms. The Kier molecular flexibility index (Phi) is 5.51. The molecule has 1 aliphatic heterocycles. The lowest BCUT2D eigenvalue weighted by molar-refractivity contribution is -0.0231. The molecule has 1 saturated heterocycles. The topological polar surface area (TPSA) is 90.6 Å². The number of carbonyl (C=O) groups is 1. The van der Waals surface area contributed by atoms with Gasteiger partial charge in [0.15, 0.2) is 0 Å². The first-order valence-electron chi connectivity index (χ1n) is 8.74. The number of hydrogen-bond acceptors (Lipinski definition) is 7. The van der Waals surface area contributed by atoms with Gasteiger partial charge in [-0.25, -0.2) is 4.79 Å². The van der Waals surface area contributed by atoms with Crippen LogP contribution in [0, 0.1) is 0 Å². The van der Waals surface area contributed by atoms with Crippen molar-refractivity contribution in [1.82, 2.24) is 20.0 Å². The normalized spacial score (nSPS) is 15.9. The summed E-state index contributed by atoms with van der Waals surface area (Å²) in [5.74, 6) is 0.865. The van der Waals surface area contributed by atoms with Crippen LogP contribution in [0.4, 0.5) is 4.79 Å². The molecule has 26 heavy (non-hydrogen) atoms. The van der Waals surface area contributed by atoms with Crippen LogP contribution in [0.1, 0.15) is 39.5 Å². The van der Waals surface area contributed by atoms with Gasteiger partial charge in [-0.2, -0.15) is 4.98 Å². The summed E-state index contributed by atoms with van der Waals surface area (Å²) in [5.41, 5.74) is 0.182. The van der Waals surface area contributed by atoms with Gasteiger partial charge in [0.05, 0.1) is 6.10 Å². The molecule has 8 nitrogen and oxygen atoms in total. The summed E-state index contributed by atoms with van der Waals surface area (Å²) in [6.45, 7) is 7.07. The van der Waals surface area contributed by atoms with Crippen LogP contribution in [0.25, 0.3) is 11.5 Å². The summed E-state index contributed by atoms with van der Waals surface area (Å²) in [4.78, 5) is 22.3. The fraction of sp³-hybridized carbons (Fsp3) is 0.556. The SMILES string of the molecule is CC(C)(C)OC(=O)N1CCC(OCc2nc(-c3ccccn3)no2)CC1. The van der Waals surface area contributed by atoms with Crippen LogP contribution in [0.2, 0.25) is 0 Å². The standard InChI is InChI=1S/C18H24N4O4/c1-18(2,3)25-17(23)22-10-7-13(8-11-22)24-12-15-20-16(21-26-15)14-6-4-5-9-19-14/h4-6,9,13H,7-8,10-12H2,1-3H3. The Morgan fingerprint density at radius 2 is 2.08 bits per heavy atom. The molecule has 0 N–H and O–H groups in total. The fourth-order valence-corrected chi connectivity index (χ4v) is 2.63. The van der Waals surface area contributed by atoms with Crippen molar-refractivity contribution in [2.45, 2.75) is 51.9 Å². The zero-order valence-corrected chi connectivity index (χ0v) is 15.3. The lowest BCUT2D eigenvalue weighted by atomic mass is 10.1. The number of carbonyl (C=O) groups excluding carboxylic acids is 1. The van der Waals surface area contributed by atoms with Crippen LogP contribution in [-0.2, 0) is 16.1 Å². The van der Waals surface area contributed by atoms with Gasteiger partial charge in [-0.1, -0.05) is 11.2 Å². The van der Waals surface area contributed by atoms with E-state index < -0.39 is 5.60 Å². The second-order valence-corrected chi connectivity index (χ2v) is 7.20. The molecule has 1 fully saturated rings. The number of piperidine rings is 1. The summed E-state index contributed by atoms with van der Waals surface area (Å²) in [6, 6.07) is 5.52. The van der Waals surface area contributed by atoms with E-state index in [4.69, 9.17) is 14.0 Å². The van der Waals surface area contributed by atoms with Crippen LogP contribution in [0.3, 0.4) is 0 Å². The largest absolute Gasteiger partial charge is 0.444 e. The van der Waals surface area contributed by atoms with Gasteiger partial charge in [-0.3, -0.25) is 4.98 Å². The first-order valence-corrected chi connectivity index (χ1v) is 8.74. The van der Waals surface area contributed by atoms with Crippen LogP contribution in [0.15, 0.2) is 28.9 Å². The Balaban J connectivity index is 1.44. The first kappa shape index (κ1) is 18.3. The van der Waals surface area contributed by atoms with Crippen LogP contribution in [-0.4, -0.2) is 50.9 Å². The van der Waals surface area contributed by atoms with Gasteiger partial charge in [0.1, 0.15) is 17.9 Å². The molecule has 0 radical (unpaired) electrons. The molecule has 140 valence electrons. The highest BCUT2D eigenvalue weighted by Crippen LogP contribution is 2.19. The molecule has 3 rings (SSSR count). The van der Waals surface area contributed by atoms with Gasteiger partial charge in [-0.15, -0.1) is 0 Å². The highest BCUT2D eigenvalue weighted by atomic mass is 16.6. The molecule has 2 aromatic rings. The van der Waals surface area contributed by atoms with E-state index in [1.807, 2.05) is 39.0 Å². The smallest absolute Gasteiger partial charge is 0.410 e. The Morgan fingerprint density at radius 1 is 1.31 bits per heavy atom. The fourth-order valence-electron chi connectivity index (χ4n) is 2.63. The van der Waals surface area contributed by atoms with E-state index in [1.54, 1.807) is 11.1 Å². The maximum absolute atomic E-state index is 12.1. The zero-order chi connectivity index (χ0) is 18.6.